The molecule has 3 heterocycles. The summed E-state index contributed by atoms with van der Waals surface area (Å²) in [5.41, 5.74) is 0.818. The van der Waals surface area contributed by atoms with Gasteiger partial charge in [-0.2, -0.15) is 0 Å². The summed E-state index contributed by atoms with van der Waals surface area (Å²) in [7, 11) is 1.56. The Morgan fingerprint density at radius 2 is 1.62 bits per heavy atom. The number of carbonyl (C=O) groups excluding carboxylic acids is 4. The molecule has 2 N–H and O–H groups in total. The van der Waals surface area contributed by atoms with E-state index in [9.17, 15) is 29.1 Å². The number of hydrogen-bond donors (Lipinski definition) is 2. The Kier molecular flexibility index (Phi) is 11.3. The molecule has 282 valence electrons. The Hall–Kier alpha value is -5.66. The number of aliphatic carboxylic acids is 1. The van der Waals surface area contributed by atoms with Crippen LogP contribution in [0.2, 0.25) is 0 Å². The van der Waals surface area contributed by atoms with E-state index >= 15 is 0 Å². The number of hydrogen-bond acceptors (Lipinski definition) is 8. The van der Waals surface area contributed by atoms with Crippen molar-refractivity contribution >= 4 is 35.8 Å². The lowest BCUT2D eigenvalue weighted by molar-refractivity contribution is -0.166. The molecule has 14 nitrogen and oxygen atoms in total. The fourth-order valence-electron chi connectivity index (χ4n) is 6.40. The number of ether oxygens (including phenoxy) is 2. The zero-order valence-corrected chi connectivity index (χ0v) is 31.2. The molecule has 6 amide bonds. The minimum absolute atomic E-state index is 0.0112. The Morgan fingerprint density at radius 3 is 2.23 bits per heavy atom. The van der Waals surface area contributed by atoms with Crippen LogP contribution >= 0.6 is 0 Å². The SMILES string of the molecule is COc1ccc(CN(C(=O)OC(C)(C)C)c2cc(C[C@H]3C(=O)N(C(=O)N4CCN(C(=O)NC(C)(C)C)CC4c4ccccc4)[C@@H]3C(=O)O)ccn2)cc1. The molecule has 2 aromatic carbocycles. The van der Waals surface area contributed by atoms with Gasteiger partial charge in [0.15, 0.2) is 6.04 Å². The second-order valence-electron chi connectivity index (χ2n) is 15.3. The number of amides is 6. The Labute approximate surface area is 309 Å². The van der Waals surface area contributed by atoms with Crippen molar-refractivity contribution in [2.75, 3.05) is 31.6 Å². The smallest absolute Gasteiger partial charge is 0.416 e. The Balaban J connectivity index is 1.36. The molecule has 0 spiro atoms. The molecule has 2 fully saturated rings. The van der Waals surface area contributed by atoms with Crippen molar-refractivity contribution in [1.82, 2.24) is 25.0 Å². The van der Waals surface area contributed by atoms with Gasteiger partial charge in [0, 0.05) is 31.4 Å². The Morgan fingerprint density at radius 1 is 0.943 bits per heavy atom. The highest BCUT2D eigenvalue weighted by Gasteiger charge is 2.56. The summed E-state index contributed by atoms with van der Waals surface area (Å²) in [6.45, 7) is 11.5. The number of aromatic nitrogens is 1. The van der Waals surface area contributed by atoms with Crippen LogP contribution < -0.4 is 15.0 Å². The topological polar surface area (TPSA) is 162 Å². The molecule has 0 radical (unpaired) electrons. The highest BCUT2D eigenvalue weighted by Crippen LogP contribution is 2.35. The summed E-state index contributed by atoms with van der Waals surface area (Å²) in [6.07, 6.45) is 0.835. The van der Waals surface area contributed by atoms with Gasteiger partial charge in [-0.1, -0.05) is 42.5 Å². The maximum Gasteiger partial charge on any atom is 0.416 e. The number of carboxylic acids is 1. The second kappa shape index (κ2) is 15.5. The number of methoxy groups -OCH3 is 1. The predicted octanol–water partition coefficient (Wildman–Crippen LogP) is 5.47. The highest BCUT2D eigenvalue weighted by molar-refractivity contribution is 6.07. The van der Waals surface area contributed by atoms with E-state index in [-0.39, 0.29) is 44.4 Å². The van der Waals surface area contributed by atoms with E-state index in [1.54, 1.807) is 57.0 Å². The van der Waals surface area contributed by atoms with Crippen molar-refractivity contribution in [3.63, 3.8) is 0 Å². The molecule has 0 bridgehead atoms. The van der Waals surface area contributed by atoms with E-state index in [0.29, 0.717) is 11.3 Å². The van der Waals surface area contributed by atoms with Gasteiger partial charge in [-0.3, -0.25) is 9.69 Å². The third kappa shape index (κ3) is 9.23. The van der Waals surface area contributed by atoms with Crippen molar-refractivity contribution in [2.24, 2.45) is 5.92 Å². The monoisotopic (exact) mass is 728 g/mol. The average molecular weight is 729 g/mol. The van der Waals surface area contributed by atoms with E-state index in [0.717, 1.165) is 16.0 Å². The summed E-state index contributed by atoms with van der Waals surface area (Å²) >= 11 is 0. The van der Waals surface area contributed by atoms with Gasteiger partial charge in [0.2, 0.25) is 5.91 Å². The molecule has 1 unspecified atom stereocenters. The van der Waals surface area contributed by atoms with Crippen molar-refractivity contribution in [3.05, 3.63) is 89.6 Å². The van der Waals surface area contributed by atoms with Gasteiger partial charge < -0.3 is 29.7 Å². The molecule has 2 aliphatic heterocycles. The van der Waals surface area contributed by atoms with Crippen LogP contribution in [0.3, 0.4) is 0 Å². The summed E-state index contributed by atoms with van der Waals surface area (Å²) in [5.74, 6) is -2.07. The van der Waals surface area contributed by atoms with Crippen LogP contribution in [-0.4, -0.2) is 98.7 Å². The number of carbonyl (C=O) groups is 5. The summed E-state index contributed by atoms with van der Waals surface area (Å²) in [5, 5.41) is 13.3. The van der Waals surface area contributed by atoms with Crippen LogP contribution in [0.25, 0.3) is 0 Å². The number of piperazine rings is 1. The average Bonchev–Trinajstić information content (AvgIpc) is 3.10. The number of β-lactam (4-membered cyclic amide) rings is 1. The maximum atomic E-state index is 14.1. The lowest BCUT2D eigenvalue weighted by Gasteiger charge is -2.48. The normalized spacial score (nSPS) is 18.9. The number of likely N-dealkylation sites (tertiary alicyclic amines) is 1. The molecular weight excluding hydrogens is 680 g/mol. The first-order valence-electron chi connectivity index (χ1n) is 17.5. The minimum atomic E-state index is -1.42. The zero-order valence-electron chi connectivity index (χ0n) is 31.2. The van der Waals surface area contributed by atoms with Crippen molar-refractivity contribution in [1.29, 1.82) is 0 Å². The molecule has 0 aliphatic carbocycles. The van der Waals surface area contributed by atoms with E-state index in [4.69, 9.17) is 9.47 Å². The summed E-state index contributed by atoms with van der Waals surface area (Å²) in [4.78, 5) is 76.8. The third-order valence-corrected chi connectivity index (χ3v) is 8.91. The van der Waals surface area contributed by atoms with Crippen LogP contribution in [0.15, 0.2) is 72.9 Å². The Bertz CT molecular complexity index is 1820. The fourth-order valence-corrected chi connectivity index (χ4v) is 6.40. The van der Waals surface area contributed by atoms with E-state index in [1.165, 1.54) is 16.0 Å². The molecule has 3 aromatic rings. The molecular formula is C39H48N6O8. The molecule has 2 saturated heterocycles. The molecule has 1 aromatic heterocycles. The van der Waals surface area contributed by atoms with Crippen LogP contribution in [0, 0.1) is 5.92 Å². The molecule has 0 saturated carbocycles. The van der Waals surface area contributed by atoms with Crippen LogP contribution in [-0.2, 0) is 27.3 Å². The van der Waals surface area contributed by atoms with Crippen LogP contribution in [0.4, 0.5) is 20.2 Å². The van der Waals surface area contributed by atoms with Gasteiger partial charge in [-0.15, -0.1) is 0 Å². The van der Waals surface area contributed by atoms with Crippen molar-refractivity contribution < 1.29 is 38.6 Å². The lowest BCUT2D eigenvalue weighted by Crippen LogP contribution is -2.70. The molecule has 2 aliphatic rings. The van der Waals surface area contributed by atoms with Gasteiger partial charge >= 0.3 is 24.1 Å². The second-order valence-corrected chi connectivity index (χ2v) is 15.3. The van der Waals surface area contributed by atoms with Gasteiger partial charge in [0.1, 0.15) is 17.2 Å². The number of pyridine rings is 1. The first-order chi connectivity index (χ1) is 25.0. The van der Waals surface area contributed by atoms with E-state index in [2.05, 4.69) is 10.3 Å². The summed E-state index contributed by atoms with van der Waals surface area (Å²) in [6, 6.07) is 16.6. The van der Waals surface area contributed by atoms with Crippen molar-refractivity contribution in [3.8, 4) is 5.75 Å². The predicted molar refractivity (Wildman–Crippen MR) is 196 cm³/mol. The maximum absolute atomic E-state index is 14.1. The number of imide groups is 1. The number of rotatable bonds is 8. The number of benzene rings is 2. The highest BCUT2D eigenvalue weighted by atomic mass is 16.6. The minimum Gasteiger partial charge on any atom is -0.497 e. The van der Waals surface area contributed by atoms with Gasteiger partial charge in [-0.25, -0.2) is 29.1 Å². The number of carboxylic acid groups (broad SMARTS) is 1. The van der Waals surface area contributed by atoms with Crippen LogP contribution in [0.1, 0.15) is 64.3 Å². The van der Waals surface area contributed by atoms with Crippen molar-refractivity contribution in [2.45, 2.75) is 77.7 Å². The third-order valence-electron chi connectivity index (χ3n) is 8.91. The molecule has 53 heavy (non-hydrogen) atoms. The lowest BCUT2D eigenvalue weighted by atomic mass is 9.82. The van der Waals surface area contributed by atoms with Gasteiger partial charge in [0.25, 0.3) is 0 Å². The quantitative estimate of drug-likeness (QED) is 0.287. The number of nitrogens with zero attached hydrogens (tertiary/aromatic N) is 5. The molecule has 3 atom stereocenters. The van der Waals surface area contributed by atoms with Gasteiger partial charge in [-0.05, 0) is 88.9 Å². The van der Waals surface area contributed by atoms with Crippen LogP contribution in [0.5, 0.6) is 5.75 Å². The molecule has 14 heteroatoms. The standard InChI is InChI=1S/C39H48N6O8/c1-38(2,3)41-35(49)42-19-20-43(30(24-42)27-11-9-8-10-12-27)36(50)45-32(34(47)48)29(33(45)46)21-26-17-18-40-31(22-26)44(37(51)53-39(4,5)6)23-25-13-15-28(52-7)16-14-25/h8-18,22,29-30,32H,19-21,23-24H2,1-7H3,(H,41,49)(H,47,48)/t29-,30?,32+/m1/s1. The number of nitrogens with one attached hydrogen (secondary N) is 1. The molecule has 5 rings (SSSR count). The van der Waals surface area contributed by atoms with E-state index < -0.39 is 53.1 Å². The zero-order chi connectivity index (χ0) is 38.7. The van der Waals surface area contributed by atoms with E-state index in [1.807, 2.05) is 63.2 Å². The first-order valence-corrected chi connectivity index (χ1v) is 17.5. The fraction of sp³-hybridized carbons (Fsp3) is 0.436. The number of anilines is 1. The first kappa shape index (κ1) is 38.6. The van der Waals surface area contributed by atoms with Gasteiger partial charge in [0.05, 0.1) is 25.6 Å². The summed E-state index contributed by atoms with van der Waals surface area (Å²) < 4.78 is 10.9. The number of urea groups is 2. The largest absolute Gasteiger partial charge is 0.497 e.